The Kier molecular flexibility index (Phi) is 4.89. The first-order valence-electron chi connectivity index (χ1n) is 7.10. The van der Waals surface area contributed by atoms with E-state index in [-0.39, 0.29) is 29.0 Å². The fraction of sp³-hybridized carbons (Fsp3) is 0.467. The fourth-order valence-corrected chi connectivity index (χ4v) is 2.68. The summed E-state index contributed by atoms with van der Waals surface area (Å²) in [5.41, 5.74) is 3.88. The SMILES string of the molecule is N/N=C(\N)C1CC1.O=Cc1ccc(C2(C(F)(F)F)CC2)c(Cl)c1. The molecule has 0 aromatic heterocycles. The smallest absolute Gasteiger partial charge is 0.386 e. The molecular weight excluding hydrogens is 331 g/mol. The molecule has 2 saturated carbocycles. The van der Waals surface area contributed by atoms with Crippen molar-refractivity contribution < 1.29 is 18.0 Å². The normalized spacial score (nSPS) is 19.6. The first kappa shape index (κ1) is 17.6. The molecule has 126 valence electrons. The second kappa shape index (κ2) is 6.39. The number of benzene rings is 1. The predicted octanol–water partition coefficient (Wildman–Crippen LogP) is 3.37. The highest BCUT2D eigenvalue weighted by Gasteiger charge is 2.64. The zero-order valence-corrected chi connectivity index (χ0v) is 13.0. The van der Waals surface area contributed by atoms with E-state index in [0.29, 0.717) is 18.0 Å². The molecule has 1 aromatic rings. The molecule has 0 bridgehead atoms. The van der Waals surface area contributed by atoms with E-state index in [2.05, 4.69) is 5.10 Å². The Bertz CT molecular complexity index is 623. The van der Waals surface area contributed by atoms with Crippen molar-refractivity contribution in [2.24, 2.45) is 22.6 Å². The highest BCUT2D eigenvalue weighted by molar-refractivity contribution is 6.31. The van der Waals surface area contributed by atoms with Crippen molar-refractivity contribution in [3.63, 3.8) is 0 Å². The first-order valence-corrected chi connectivity index (χ1v) is 7.48. The average molecular weight is 348 g/mol. The summed E-state index contributed by atoms with van der Waals surface area (Å²) in [7, 11) is 0. The number of rotatable bonds is 3. The van der Waals surface area contributed by atoms with Crippen LogP contribution in [0.5, 0.6) is 0 Å². The van der Waals surface area contributed by atoms with E-state index in [1.54, 1.807) is 0 Å². The van der Waals surface area contributed by atoms with Crippen molar-refractivity contribution in [2.45, 2.75) is 37.3 Å². The van der Waals surface area contributed by atoms with Crippen LogP contribution in [0.3, 0.4) is 0 Å². The third-order valence-corrected chi connectivity index (χ3v) is 4.39. The van der Waals surface area contributed by atoms with Crippen LogP contribution in [-0.4, -0.2) is 18.3 Å². The summed E-state index contributed by atoms with van der Waals surface area (Å²) < 4.78 is 38.4. The second-order valence-corrected chi connectivity index (χ2v) is 6.17. The summed E-state index contributed by atoms with van der Waals surface area (Å²) in [6.45, 7) is 0. The van der Waals surface area contributed by atoms with Crippen LogP contribution in [0.1, 0.15) is 41.6 Å². The van der Waals surface area contributed by atoms with Gasteiger partial charge in [-0.15, -0.1) is 0 Å². The van der Waals surface area contributed by atoms with E-state index < -0.39 is 11.6 Å². The van der Waals surface area contributed by atoms with Gasteiger partial charge in [-0.3, -0.25) is 4.79 Å². The lowest BCUT2D eigenvalue weighted by molar-refractivity contribution is -0.160. The van der Waals surface area contributed by atoms with E-state index in [0.717, 1.165) is 0 Å². The molecule has 8 heteroatoms. The molecule has 3 rings (SSSR count). The average Bonchev–Trinajstić information content (AvgIpc) is 3.38. The Balaban J connectivity index is 0.000000229. The van der Waals surface area contributed by atoms with Gasteiger partial charge in [0, 0.05) is 16.5 Å². The Morgan fingerprint density at radius 3 is 2.26 bits per heavy atom. The predicted molar refractivity (Wildman–Crippen MR) is 82.3 cm³/mol. The molecule has 2 aliphatic carbocycles. The molecule has 0 aliphatic heterocycles. The number of hydrogen-bond donors (Lipinski definition) is 2. The van der Waals surface area contributed by atoms with Crippen LogP contribution in [0, 0.1) is 5.92 Å². The van der Waals surface area contributed by atoms with Gasteiger partial charge in [0.1, 0.15) is 12.1 Å². The van der Waals surface area contributed by atoms with Gasteiger partial charge in [0.25, 0.3) is 0 Å². The van der Waals surface area contributed by atoms with Crippen molar-refractivity contribution in [1.29, 1.82) is 0 Å². The van der Waals surface area contributed by atoms with Crippen molar-refractivity contribution in [3.8, 4) is 0 Å². The van der Waals surface area contributed by atoms with Crippen molar-refractivity contribution >= 4 is 23.7 Å². The van der Waals surface area contributed by atoms with Gasteiger partial charge >= 0.3 is 6.18 Å². The maximum absolute atomic E-state index is 12.8. The minimum atomic E-state index is -4.28. The van der Waals surface area contributed by atoms with Gasteiger partial charge in [-0.1, -0.05) is 23.7 Å². The van der Waals surface area contributed by atoms with Gasteiger partial charge in [0.15, 0.2) is 0 Å². The van der Waals surface area contributed by atoms with E-state index in [4.69, 9.17) is 23.2 Å². The van der Waals surface area contributed by atoms with Gasteiger partial charge in [0.2, 0.25) is 0 Å². The molecule has 4 N–H and O–H groups in total. The highest BCUT2D eigenvalue weighted by Crippen LogP contribution is 2.60. The molecule has 0 saturated heterocycles. The van der Waals surface area contributed by atoms with Gasteiger partial charge in [0.05, 0.1) is 5.41 Å². The Hall–Kier alpha value is -1.76. The number of amidine groups is 1. The lowest BCUT2D eigenvalue weighted by Gasteiger charge is -2.20. The van der Waals surface area contributed by atoms with E-state index in [9.17, 15) is 18.0 Å². The molecule has 2 fully saturated rings. The van der Waals surface area contributed by atoms with Gasteiger partial charge in [-0.25, -0.2) is 0 Å². The monoisotopic (exact) mass is 347 g/mol. The van der Waals surface area contributed by atoms with Crippen LogP contribution in [0.25, 0.3) is 0 Å². The molecule has 0 radical (unpaired) electrons. The number of carbonyl (C=O) groups excluding carboxylic acids is 1. The summed E-state index contributed by atoms with van der Waals surface area (Å²) in [5, 5.41) is 3.36. The number of carbonyl (C=O) groups is 1. The molecule has 0 amide bonds. The van der Waals surface area contributed by atoms with Gasteiger partial charge in [-0.05, 0) is 37.3 Å². The second-order valence-electron chi connectivity index (χ2n) is 5.77. The number of aldehydes is 1. The molecule has 0 spiro atoms. The number of nitrogens with zero attached hydrogens (tertiary/aromatic N) is 1. The van der Waals surface area contributed by atoms with Crippen LogP contribution in [-0.2, 0) is 5.41 Å². The Morgan fingerprint density at radius 1 is 1.35 bits per heavy atom. The standard InChI is InChI=1S/C11H8ClF3O.C4H9N3/c12-9-5-7(6-16)1-2-8(9)10(3-4-10)11(13,14)15;5-4(7-6)3-1-2-3/h1-2,5-6H,3-4H2;3H,1-2,6H2,(H2,5,7). The lowest BCUT2D eigenvalue weighted by Crippen LogP contribution is -2.28. The number of alkyl halides is 3. The molecule has 23 heavy (non-hydrogen) atoms. The summed E-state index contributed by atoms with van der Waals surface area (Å²) in [5.74, 6) is 6.01. The molecule has 2 aliphatic rings. The molecule has 4 nitrogen and oxygen atoms in total. The highest BCUT2D eigenvalue weighted by atomic mass is 35.5. The maximum atomic E-state index is 12.8. The third-order valence-electron chi connectivity index (χ3n) is 4.08. The van der Waals surface area contributed by atoms with Crippen LogP contribution in [0.4, 0.5) is 13.2 Å². The topological polar surface area (TPSA) is 81.5 Å². The Labute approximate surface area is 136 Å². The van der Waals surface area contributed by atoms with Crippen LogP contribution >= 0.6 is 11.6 Å². The molecule has 0 unspecified atom stereocenters. The van der Waals surface area contributed by atoms with Crippen LogP contribution < -0.4 is 11.6 Å². The molecular formula is C15H17ClF3N3O. The fourth-order valence-electron chi connectivity index (χ4n) is 2.31. The van der Waals surface area contributed by atoms with Gasteiger partial charge in [-0.2, -0.15) is 18.3 Å². The summed E-state index contributed by atoms with van der Waals surface area (Å²) in [6, 6.07) is 3.93. The van der Waals surface area contributed by atoms with E-state index in [1.807, 2.05) is 0 Å². The third kappa shape index (κ3) is 3.77. The minimum Gasteiger partial charge on any atom is -0.386 e. The zero-order chi connectivity index (χ0) is 17.3. The largest absolute Gasteiger partial charge is 0.398 e. The van der Waals surface area contributed by atoms with Crippen LogP contribution in [0.2, 0.25) is 5.02 Å². The quantitative estimate of drug-likeness (QED) is 0.289. The number of halogens is 4. The maximum Gasteiger partial charge on any atom is 0.398 e. The summed E-state index contributed by atoms with van der Waals surface area (Å²) in [4.78, 5) is 10.5. The summed E-state index contributed by atoms with van der Waals surface area (Å²) >= 11 is 5.78. The Morgan fingerprint density at radius 2 is 1.96 bits per heavy atom. The van der Waals surface area contributed by atoms with Crippen molar-refractivity contribution in [3.05, 3.63) is 34.3 Å². The summed E-state index contributed by atoms with van der Waals surface area (Å²) in [6.07, 6.45) is -1.24. The molecule has 1 aromatic carbocycles. The van der Waals surface area contributed by atoms with Crippen molar-refractivity contribution in [2.75, 3.05) is 0 Å². The molecule has 0 heterocycles. The minimum absolute atomic E-state index is 0.0134. The lowest BCUT2D eigenvalue weighted by atomic mass is 9.94. The van der Waals surface area contributed by atoms with Crippen molar-refractivity contribution in [1.82, 2.24) is 0 Å². The van der Waals surface area contributed by atoms with E-state index >= 15 is 0 Å². The number of hydrogen-bond acceptors (Lipinski definition) is 3. The first-order chi connectivity index (χ1) is 10.7. The number of hydrazone groups is 1. The number of nitrogens with two attached hydrogens (primary N) is 2. The zero-order valence-electron chi connectivity index (χ0n) is 12.2. The molecule has 0 atom stereocenters. The van der Waals surface area contributed by atoms with E-state index in [1.165, 1.54) is 31.0 Å². The van der Waals surface area contributed by atoms with Gasteiger partial charge < -0.3 is 11.6 Å². The van der Waals surface area contributed by atoms with Crippen LogP contribution in [0.15, 0.2) is 23.3 Å².